The van der Waals surface area contributed by atoms with Crippen LogP contribution in [0.25, 0.3) is 0 Å². The van der Waals surface area contributed by atoms with E-state index >= 15 is 0 Å². The number of ether oxygens (including phenoxy) is 4. The van der Waals surface area contributed by atoms with Gasteiger partial charge in [-0.25, -0.2) is 9.13 Å². The van der Waals surface area contributed by atoms with E-state index in [9.17, 15) is 43.2 Å². The Labute approximate surface area is 599 Å². The Hall–Kier alpha value is -2.46. The van der Waals surface area contributed by atoms with Gasteiger partial charge in [0, 0.05) is 25.7 Å². The van der Waals surface area contributed by atoms with Gasteiger partial charge in [0.05, 0.1) is 26.4 Å². The highest BCUT2D eigenvalue weighted by molar-refractivity contribution is 7.47. The first kappa shape index (κ1) is 95.5. The van der Waals surface area contributed by atoms with Crippen LogP contribution in [0.4, 0.5) is 0 Å². The molecule has 578 valence electrons. The van der Waals surface area contributed by atoms with Crippen LogP contribution in [0.15, 0.2) is 24.3 Å². The highest BCUT2D eigenvalue weighted by Crippen LogP contribution is 2.45. The third-order valence-electron chi connectivity index (χ3n) is 18.2. The number of phosphoric ester groups is 2. The van der Waals surface area contributed by atoms with Gasteiger partial charge in [-0.05, 0) is 63.2 Å². The third-order valence-corrected chi connectivity index (χ3v) is 20.1. The van der Waals surface area contributed by atoms with Crippen LogP contribution in [0, 0.1) is 11.8 Å². The average Bonchev–Trinajstić information content (AvgIpc) is 1.22. The Kier molecular flexibility index (Phi) is 68.5. The maximum Gasteiger partial charge on any atom is 0.472 e. The summed E-state index contributed by atoms with van der Waals surface area (Å²) in [6.07, 6.45) is 61.7. The second-order valence-electron chi connectivity index (χ2n) is 28.5. The quantitative estimate of drug-likeness (QED) is 0.0169. The van der Waals surface area contributed by atoms with Crippen LogP contribution in [-0.4, -0.2) is 96.7 Å². The van der Waals surface area contributed by atoms with Crippen molar-refractivity contribution in [2.75, 3.05) is 39.6 Å². The summed E-state index contributed by atoms with van der Waals surface area (Å²) >= 11 is 0. The molecule has 6 atom stereocenters. The highest BCUT2D eigenvalue weighted by Gasteiger charge is 2.30. The van der Waals surface area contributed by atoms with Gasteiger partial charge in [0.25, 0.3) is 0 Å². The molecule has 0 radical (unpaired) electrons. The Morgan fingerprint density at radius 2 is 0.602 bits per heavy atom. The molecular formula is C79H150O17P2. The van der Waals surface area contributed by atoms with E-state index in [4.69, 9.17) is 37.0 Å². The Balaban J connectivity index is 5.30. The third kappa shape index (κ3) is 70.6. The molecule has 0 aliphatic rings. The molecule has 17 nitrogen and oxygen atoms in total. The minimum absolute atomic E-state index is 0.101. The molecule has 3 N–H and O–H groups in total. The van der Waals surface area contributed by atoms with Crippen molar-refractivity contribution < 1.29 is 80.2 Å². The van der Waals surface area contributed by atoms with Gasteiger partial charge >= 0.3 is 39.5 Å². The Bertz CT molecular complexity index is 1990. The monoisotopic (exact) mass is 1430 g/mol. The molecule has 98 heavy (non-hydrogen) atoms. The molecule has 0 bridgehead atoms. The Morgan fingerprint density at radius 1 is 0.337 bits per heavy atom. The molecule has 0 spiro atoms. The van der Waals surface area contributed by atoms with Crippen LogP contribution in [0.5, 0.6) is 0 Å². The number of esters is 4. The van der Waals surface area contributed by atoms with Crippen molar-refractivity contribution in [2.45, 2.75) is 407 Å². The van der Waals surface area contributed by atoms with E-state index in [1.54, 1.807) is 0 Å². The molecular weight excluding hydrogens is 1280 g/mol. The summed E-state index contributed by atoms with van der Waals surface area (Å²) in [5, 5.41) is 10.6. The van der Waals surface area contributed by atoms with Crippen LogP contribution in [0.2, 0.25) is 0 Å². The fourth-order valence-electron chi connectivity index (χ4n) is 11.6. The number of aliphatic hydroxyl groups is 1. The lowest BCUT2D eigenvalue weighted by Crippen LogP contribution is -2.30. The van der Waals surface area contributed by atoms with E-state index in [0.29, 0.717) is 25.7 Å². The van der Waals surface area contributed by atoms with Gasteiger partial charge < -0.3 is 33.8 Å². The predicted molar refractivity (Wildman–Crippen MR) is 400 cm³/mol. The maximum atomic E-state index is 13.1. The zero-order valence-corrected chi connectivity index (χ0v) is 65.4. The molecule has 0 aliphatic carbocycles. The summed E-state index contributed by atoms with van der Waals surface area (Å²) < 4.78 is 68.6. The smallest absolute Gasteiger partial charge is 0.462 e. The number of rotatable bonds is 76. The standard InChI is InChI=1S/C79H150O17P2/c1-7-10-12-14-16-18-20-22-24-25-27-29-31-38-45-51-57-63-78(83)95-74(67-89-76(81)61-55-49-43-37-30-28-26-23-21-19-17-15-13-11-8-2)69-93-97(85,86)91-65-73(80)66-92-98(87,88)94-70-75(68-90-77(82)62-56-50-44-40-34-35-41-47-53-59-71(4)5)96-79(84)64-58-52-46-39-33-32-36-42-48-54-60-72(6)9-3/h19,21,23,26,71-75,80H,7-18,20,22,24-25,27-70H2,1-6H3,(H,85,86)(H,87,88)/b21-19-,26-23-/t72?,73-,74-,75-/m1/s1. The molecule has 0 fully saturated rings. The van der Waals surface area contributed by atoms with Gasteiger partial charge in [-0.15, -0.1) is 0 Å². The average molecular weight is 1430 g/mol. The van der Waals surface area contributed by atoms with Gasteiger partial charge in [0.15, 0.2) is 12.2 Å². The summed E-state index contributed by atoms with van der Waals surface area (Å²) in [5.41, 5.74) is 0. The van der Waals surface area contributed by atoms with Gasteiger partial charge in [0.2, 0.25) is 0 Å². The predicted octanol–water partition coefficient (Wildman–Crippen LogP) is 23.1. The molecule has 0 aromatic carbocycles. The number of carbonyl (C=O) groups is 4. The van der Waals surface area contributed by atoms with Crippen molar-refractivity contribution in [3.63, 3.8) is 0 Å². The lowest BCUT2D eigenvalue weighted by molar-refractivity contribution is -0.161. The van der Waals surface area contributed by atoms with Crippen molar-refractivity contribution in [3.05, 3.63) is 24.3 Å². The first-order valence-corrected chi connectivity index (χ1v) is 43.3. The van der Waals surface area contributed by atoms with E-state index in [1.807, 2.05) is 0 Å². The SMILES string of the molecule is CCCCCC/C=C\C=C/CCCCCCCC(=O)OC[C@H](COP(=O)(O)OC[C@@H](O)COP(=O)(O)OC[C@@H](COC(=O)CCCCCCCCCCCC(C)C)OC(=O)CCCCCCCCCCCCC(C)CC)OC(=O)CCCCCCCCCCCCCCCCCCC. The Morgan fingerprint density at radius 3 is 0.918 bits per heavy atom. The van der Waals surface area contributed by atoms with Crippen molar-refractivity contribution in [2.24, 2.45) is 11.8 Å². The second-order valence-corrected chi connectivity index (χ2v) is 31.4. The first-order valence-electron chi connectivity index (χ1n) is 40.3. The summed E-state index contributed by atoms with van der Waals surface area (Å²) in [6.45, 7) is 9.56. The van der Waals surface area contributed by atoms with Crippen LogP contribution < -0.4 is 0 Å². The highest BCUT2D eigenvalue weighted by atomic mass is 31.2. The number of aliphatic hydroxyl groups excluding tert-OH is 1. The fourth-order valence-corrected chi connectivity index (χ4v) is 13.2. The molecule has 0 heterocycles. The zero-order valence-electron chi connectivity index (χ0n) is 63.6. The minimum atomic E-state index is -4.97. The van der Waals surface area contributed by atoms with Crippen LogP contribution >= 0.6 is 15.6 Å². The van der Waals surface area contributed by atoms with E-state index in [-0.39, 0.29) is 25.7 Å². The van der Waals surface area contributed by atoms with E-state index in [2.05, 4.69) is 65.8 Å². The van der Waals surface area contributed by atoms with Crippen molar-refractivity contribution in [3.8, 4) is 0 Å². The lowest BCUT2D eigenvalue weighted by atomic mass is 9.99. The number of unbranched alkanes of at least 4 members (excludes halogenated alkanes) is 42. The molecule has 0 amide bonds. The maximum absolute atomic E-state index is 13.1. The second kappa shape index (κ2) is 70.2. The largest absolute Gasteiger partial charge is 0.472 e. The molecule has 19 heteroatoms. The molecule has 0 saturated heterocycles. The molecule has 3 unspecified atom stereocenters. The van der Waals surface area contributed by atoms with Gasteiger partial charge in [-0.3, -0.25) is 37.3 Å². The van der Waals surface area contributed by atoms with E-state index in [0.717, 1.165) is 121 Å². The van der Waals surface area contributed by atoms with E-state index < -0.39 is 97.5 Å². The number of hydrogen-bond donors (Lipinski definition) is 3. The molecule has 0 aromatic heterocycles. The summed E-state index contributed by atoms with van der Waals surface area (Å²) in [6, 6.07) is 0. The molecule has 0 aromatic rings. The number of phosphoric acid groups is 2. The van der Waals surface area contributed by atoms with Crippen LogP contribution in [0.1, 0.15) is 388 Å². The minimum Gasteiger partial charge on any atom is -0.462 e. The van der Waals surface area contributed by atoms with Crippen LogP contribution in [-0.2, 0) is 65.4 Å². The van der Waals surface area contributed by atoms with Crippen molar-refractivity contribution >= 4 is 39.5 Å². The normalized spacial score (nSPS) is 14.4. The summed E-state index contributed by atoms with van der Waals surface area (Å²) in [4.78, 5) is 73.0. The first-order chi connectivity index (χ1) is 47.4. The van der Waals surface area contributed by atoms with E-state index in [1.165, 1.54) is 186 Å². The molecule has 0 rings (SSSR count). The van der Waals surface area contributed by atoms with Crippen molar-refractivity contribution in [1.29, 1.82) is 0 Å². The molecule has 0 aliphatic heterocycles. The lowest BCUT2D eigenvalue weighted by Gasteiger charge is -2.21. The number of hydrogen-bond acceptors (Lipinski definition) is 15. The topological polar surface area (TPSA) is 237 Å². The summed E-state index contributed by atoms with van der Waals surface area (Å²) in [7, 11) is -9.93. The van der Waals surface area contributed by atoms with Crippen LogP contribution in [0.3, 0.4) is 0 Å². The van der Waals surface area contributed by atoms with Gasteiger partial charge in [0.1, 0.15) is 19.3 Å². The van der Waals surface area contributed by atoms with Gasteiger partial charge in [-0.1, -0.05) is 336 Å². The van der Waals surface area contributed by atoms with Gasteiger partial charge in [-0.2, -0.15) is 0 Å². The fraction of sp³-hybridized carbons (Fsp3) is 0.899. The zero-order chi connectivity index (χ0) is 72.1. The number of carbonyl (C=O) groups excluding carboxylic acids is 4. The van der Waals surface area contributed by atoms with Crippen molar-refractivity contribution in [1.82, 2.24) is 0 Å². The molecule has 0 saturated carbocycles. The number of allylic oxidation sites excluding steroid dienone is 4. The summed E-state index contributed by atoms with van der Waals surface area (Å²) in [5.74, 6) is -0.598.